The highest BCUT2D eigenvalue weighted by atomic mass is 16.5. The summed E-state index contributed by atoms with van der Waals surface area (Å²) < 4.78 is 14.6. The van der Waals surface area contributed by atoms with Crippen molar-refractivity contribution in [2.24, 2.45) is 7.05 Å². The maximum Gasteiger partial charge on any atom is 0.212 e. The second-order valence-corrected chi connectivity index (χ2v) is 7.83. The van der Waals surface area contributed by atoms with Gasteiger partial charge in [0.15, 0.2) is 11.9 Å². The lowest BCUT2D eigenvalue weighted by molar-refractivity contribution is -0.671. The van der Waals surface area contributed by atoms with Gasteiger partial charge >= 0.3 is 0 Å². The molecule has 6 rings (SSSR count). The molecule has 0 atom stereocenters. The molecule has 0 fully saturated rings. The first-order chi connectivity index (χ1) is 14.7. The van der Waals surface area contributed by atoms with Crippen molar-refractivity contribution in [3.05, 3.63) is 113 Å². The van der Waals surface area contributed by atoms with E-state index in [1.807, 2.05) is 42.1 Å². The number of para-hydroxylation sites is 2. The second kappa shape index (κ2) is 6.33. The Labute approximate surface area is 175 Å². The maximum absolute atomic E-state index is 6.30. The Bertz CT molecular complexity index is 1260. The fourth-order valence-corrected chi connectivity index (χ4v) is 4.37. The van der Waals surface area contributed by atoms with Crippen LogP contribution in [0.2, 0.25) is 0 Å². The molecule has 0 N–H and O–H groups in total. The van der Waals surface area contributed by atoms with Crippen molar-refractivity contribution in [3.8, 4) is 23.0 Å². The highest BCUT2D eigenvalue weighted by Gasteiger charge is 2.31. The lowest BCUT2D eigenvalue weighted by Crippen LogP contribution is -2.27. The molecule has 4 aromatic rings. The number of benzene rings is 3. The molecule has 0 bridgehead atoms. The SMILES string of the molecule is Cc1ccc2c(c1)Oc1ccccc1/C2=C1/c2ccccc2Oc2c[n+](C)ccc21. The lowest BCUT2D eigenvalue weighted by Gasteiger charge is -2.29. The van der Waals surface area contributed by atoms with Crippen molar-refractivity contribution < 1.29 is 14.0 Å². The number of rotatable bonds is 0. The van der Waals surface area contributed by atoms with Gasteiger partial charge in [0.05, 0.1) is 0 Å². The maximum atomic E-state index is 6.30. The van der Waals surface area contributed by atoms with Gasteiger partial charge in [-0.1, -0.05) is 48.5 Å². The number of aryl methyl sites for hydroxylation is 2. The lowest BCUT2D eigenvalue weighted by atomic mass is 9.82. The van der Waals surface area contributed by atoms with E-state index >= 15 is 0 Å². The van der Waals surface area contributed by atoms with Gasteiger partial charge in [-0.3, -0.25) is 0 Å². The molecule has 3 aromatic carbocycles. The summed E-state index contributed by atoms with van der Waals surface area (Å²) in [4.78, 5) is 0. The molecule has 0 radical (unpaired) electrons. The molecule has 1 aromatic heterocycles. The minimum Gasteiger partial charge on any atom is -0.456 e. The van der Waals surface area contributed by atoms with Crippen molar-refractivity contribution in [2.75, 3.05) is 0 Å². The first kappa shape index (κ1) is 17.0. The number of hydrogen-bond donors (Lipinski definition) is 0. The molecule has 0 aliphatic carbocycles. The van der Waals surface area contributed by atoms with Crippen LogP contribution in [0.15, 0.2) is 85.2 Å². The summed E-state index contributed by atoms with van der Waals surface area (Å²) in [6.45, 7) is 2.09. The van der Waals surface area contributed by atoms with Crippen LogP contribution in [0, 0.1) is 6.92 Å². The molecule has 0 spiro atoms. The van der Waals surface area contributed by atoms with E-state index in [0.717, 1.165) is 45.3 Å². The molecule has 0 saturated carbocycles. The highest BCUT2D eigenvalue weighted by Crippen LogP contribution is 2.52. The molecule has 0 amide bonds. The van der Waals surface area contributed by atoms with E-state index < -0.39 is 0 Å². The smallest absolute Gasteiger partial charge is 0.212 e. The Balaban J connectivity index is 1.78. The van der Waals surface area contributed by atoms with Gasteiger partial charge in [0.1, 0.15) is 24.3 Å². The Morgan fingerprint density at radius 1 is 0.600 bits per heavy atom. The minimum atomic E-state index is 0.860. The summed E-state index contributed by atoms with van der Waals surface area (Å²) in [5, 5.41) is 0. The predicted octanol–water partition coefficient (Wildman–Crippen LogP) is 6.04. The Hall–Kier alpha value is -3.85. The summed E-state index contributed by atoms with van der Waals surface area (Å²) in [6, 6.07) is 25.1. The van der Waals surface area contributed by atoms with E-state index in [1.165, 1.54) is 16.7 Å². The van der Waals surface area contributed by atoms with E-state index in [9.17, 15) is 0 Å². The zero-order chi connectivity index (χ0) is 20.2. The molecule has 3 nitrogen and oxygen atoms in total. The van der Waals surface area contributed by atoms with Crippen LogP contribution in [-0.4, -0.2) is 0 Å². The average Bonchev–Trinajstić information content (AvgIpc) is 2.76. The number of hydrogen-bond acceptors (Lipinski definition) is 2. The Kier molecular flexibility index (Phi) is 3.59. The van der Waals surface area contributed by atoms with E-state index in [2.05, 4.69) is 61.7 Å². The second-order valence-electron chi connectivity index (χ2n) is 7.83. The molecule has 3 heterocycles. The summed E-state index contributed by atoms with van der Waals surface area (Å²) in [7, 11) is 2.01. The molecule has 0 unspecified atom stereocenters. The fourth-order valence-electron chi connectivity index (χ4n) is 4.37. The molecule has 3 heteroatoms. The number of ether oxygens (including phenoxy) is 2. The van der Waals surface area contributed by atoms with E-state index in [4.69, 9.17) is 9.47 Å². The molecule has 2 aliphatic rings. The van der Waals surface area contributed by atoms with E-state index in [-0.39, 0.29) is 0 Å². The van der Waals surface area contributed by atoms with Gasteiger partial charge in [-0.15, -0.1) is 0 Å². The van der Waals surface area contributed by atoms with Crippen molar-refractivity contribution in [1.29, 1.82) is 0 Å². The fraction of sp³-hybridized carbons (Fsp3) is 0.0741. The number of pyridine rings is 1. The summed E-state index contributed by atoms with van der Waals surface area (Å²) in [5.74, 6) is 3.50. The third-order valence-corrected chi connectivity index (χ3v) is 5.74. The van der Waals surface area contributed by atoms with Crippen LogP contribution in [0.3, 0.4) is 0 Å². The first-order valence-electron chi connectivity index (χ1n) is 10.1. The molecule has 30 heavy (non-hydrogen) atoms. The van der Waals surface area contributed by atoms with Crippen LogP contribution in [0.1, 0.15) is 27.8 Å². The minimum absolute atomic E-state index is 0.860. The molecule has 2 aliphatic heterocycles. The first-order valence-corrected chi connectivity index (χ1v) is 10.1. The van der Waals surface area contributed by atoms with Crippen LogP contribution >= 0.6 is 0 Å². The van der Waals surface area contributed by atoms with Crippen molar-refractivity contribution >= 4 is 11.1 Å². The monoisotopic (exact) mass is 390 g/mol. The predicted molar refractivity (Wildman–Crippen MR) is 117 cm³/mol. The van der Waals surface area contributed by atoms with Gasteiger partial charge in [-0.2, -0.15) is 0 Å². The van der Waals surface area contributed by atoms with Crippen LogP contribution in [-0.2, 0) is 7.05 Å². The molecule has 0 saturated heterocycles. The zero-order valence-electron chi connectivity index (χ0n) is 16.8. The van der Waals surface area contributed by atoms with Gasteiger partial charge in [-0.25, -0.2) is 4.57 Å². The number of nitrogens with zero attached hydrogens (tertiary/aromatic N) is 1. The summed E-state index contributed by atoms with van der Waals surface area (Å²) in [6.07, 6.45) is 4.10. The van der Waals surface area contributed by atoms with Crippen LogP contribution in [0.5, 0.6) is 23.0 Å². The van der Waals surface area contributed by atoms with Crippen molar-refractivity contribution in [3.63, 3.8) is 0 Å². The van der Waals surface area contributed by atoms with Gasteiger partial charge in [0.2, 0.25) is 6.20 Å². The number of fused-ring (bicyclic) bond motifs is 4. The molecular formula is C27H20NO2+. The highest BCUT2D eigenvalue weighted by molar-refractivity contribution is 6.09. The van der Waals surface area contributed by atoms with Crippen LogP contribution in [0.25, 0.3) is 11.1 Å². The van der Waals surface area contributed by atoms with Crippen molar-refractivity contribution in [1.82, 2.24) is 0 Å². The van der Waals surface area contributed by atoms with Crippen LogP contribution < -0.4 is 14.0 Å². The topological polar surface area (TPSA) is 22.3 Å². The third-order valence-electron chi connectivity index (χ3n) is 5.74. The van der Waals surface area contributed by atoms with Gasteiger partial charge in [0, 0.05) is 39.5 Å². The van der Waals surface area contributed by atoms with Crippen molar-refractivity contribution in [2.45, 2.75) is 6.92 Å². The standard InChI is InChI=1S/C27H20NO2/c1-17-11-12-20-24(15-17)29-22-9-5-3-7-18(22)26(20)27-19-8-4-6-10-23(19)30-25-16-28(2)14-13-21(25)27/h3-16H,1-2H3/q+1/b27-26+. The van der Waals surface area contributed by atoms with E-state index in [1.54, 1.807) is 0 Å². The quantitative estimate of drug-likeness (QED) is 0.295. The van der Waals surface area contributed by atoms with Gasteiger partial charge in [-0.05, 0) is 30.7 Å². The number of aromatic nitrogens is 1. The van der Waals surface area contributed by atoms with Crippen LogP contribution in [0.4, 0.5) is 0 Å². The summed E-state index contributed by atoms with van der Waals surface area (Å²) in [5.41, 5.74) is 7.91. The average molecular weight is 390 g/mol. The molecule has 144 valence electrons. The summed E-state index contributed by atoms with van der Waals surface area (Å²) >= 11 is 0. The van der Waals surface area contributed by atoms with Gasteiger partial charge in [0.25, 0.3) is 0 Å². The Morgan fingerprint density at radius 2 is 1.17 bits per heavy atom. The largest absolute Gasteiger partial charge is 0.456 e. The zero-order valence-corrected chi connectivity index (χ0v) is 16.8. The normalized spacial score (nSPS) is 15.8. The third kappa shape index (κ3) is 2.49. The van der Waals surface area contributed by atoms with E-state index in [0.29, 0.717) is 0 Å². The Morgan fingerprint density at radius 3 is 1.87 bits per heavy atom. The van der Waals surface area contributed by atoms with Gasteiger partial charge < -0.3 is 9.47 Å². The molecular weight excluding hydrogens is 370 g/mol.